The van der Waals surface area contributed by atoms with E-state index < -0.39 is 0 Å². The molecule has 0 aliphatic carbocycles. The maximum Gasteiger partial charge on any atom is 0.162 e. The first-order valence-corrected chi connectivity index (χ1v) is 6.52. The van der Waals surface area contributed by atoms with Crippen molar-refractivity contribution in [2.75, 3.05) is 11.9 Å². The lowest BCUT2D eigenvalue weighted by Crippen LogP contribution is -2.04. The van der Waals surface area contributed by atoms with Crippen molar-refractivity contribution in [3.05, 3.63) is 41.3 Å². The fourth-order valence-electron chi connectivity index (χ4n) is 1.91. The Hall–Kier alpha value is -1.97. The zero-order valence-corrected chi connectivity index (χ0v) is 11.5. The molecule has 0 fully saturated rings. The third kappa shape index (κ3) is 3.08. The Labute approximate surface area is 112 Å². The second kappa shape index (κ2) is 5.78. The number of halogens is 1. The van der Waals surface area contributed by atoms with E-state index in [4.69, 9.17) is 0 Å². The summed E-state index contributed by atoms with van der Waals surface area (Å²) in [4.78, 5) is 8.94. The van der Waals surface area contributed by atoms with Gasteiger partial charge in [0.25, 0.3) is 0 Å². The van der Waals surface area contributed by atoms with Crippen LogP contribution in [0.25, 0.3) is 11.4 Å². The van der Waals surface area contributed by atoms with E-state index in [0.29, 0.717) is 5.82 Å². The molecule has 0 spiro atoms. The predicted octanol–water partition coefficient (Wildman–Crippen LogP) is 3.59. The molecule has 2 aromatic rings. The number of aryl methyl sites for hydroxylation is 2. The summed E-state index contributed by atoms with van der Waals surface area (Å²) in [5.74, 6) is 1.09. The van der Waals surface area contributed by atoms with Crippen LogP contribution in [-0.4, -0.2) is 16.5 Å². The Morgan fingerprint density at radius 2 is 1.95 bits per heavy atom. The molecule has 0 bridgehead atoms. The zero-order valence-electron chi connectivity index (χ0n) is 11.5. The van der Waals surface area contributed by atoms with Crippen LogP contribution in [0.15, 0.2) is 24.3 Å². The highest BCUT2D eigenvalue weighted by Gasteiger charge is 2.09. The minimum absolute atomic E-state index is 0.267. The average Bonchev–Trinajstić information content (AvgIpc) is 2.41. The van der Waals surface area contributed by atoms with Crippen LogP contribution in [0.2, 0.25) is 0 Å². The van der Waals surface area contributed by atoms with Crippen molar-refractivity contribution in [1.29, 1.82) is 0 Å². The first-order valence-electron chi connectivity index (χ1n) is 6.52. The highest BCUT2D eigenvalue weighted by Crippen LogP contribution is 2.23. The molecule has 1 aromatic heterocycles. The lowest BCUT2D eigenvalue weighted by atomic mass is 10.1. The van der Waals surface area contributed by atoms with Gasteiger partial charge in [-0.2, -0.15) is 0 Å². The van der Waals surface area contributed by atoms with Crippen LogP contribution < -0.4 is 5.32 Å². The van der Waals surface area contributed by atoms with Crippen LogP contribution in [0.3, 0.4) is 0 Å². The molecule has 2 rings (SSSR count). The molecule has 1 N–H and O–H groups in total. The van der Waals surface area contributed by atoms with E-state index in [-0.39, 0.29) is 5.82 Å². The van der Waals surface area contributed by atoms with Crippen LogP contribution in [0.5, 0.6) is 0 Å². The third-order valence-corrected chi connectivity index (χ3v) is 2.94. The van der Waals surface area contributed by atoms with Gasteiger partial charge in [-0.3, -0.25) is 0 Å². The first-order chi connectivity index (χ1) is 9.13. The number of aromatic nitrogens is 2. The monoisotopic (exact) mass is 259 g/mol. The minimum atomic E-state index is -0.267. The van der Waals surface area contributed by atoms with Crippen molar-refractivity contribution in [1.82, 2.24) is 9.97 Å². The SMILES string of the molecule is CCNc1cc(CC)nc(-c2cc(F)ccc2C)n1. The van der Waals surface area contributed by atoms with Gasteiger partial charge in [0.15, 0.2) is 5.82 Å². The van der Waals surface area contributed by atoms with E-state index in [1.807, 2.05) is 26.8 Å². The molecule has 19 heavy (non-hydrogen) atoms. The molecule has 0 radical (unpaired) electrons. The summed E-state index contributed by atoms with van der Waals surface area (Å²) in [5.41, 5.74) is 2.66. The largest absolute Gasteiger partial charge is 0.370 e. The van der Waals surface area contributed by atoms with Crippen LogP contribution in [0, 0.1) is 12.7 Å². The zero-order chi connectivity index (χ0) is 13.8. The molecule has 100 valence electrons. The number of anilines is 1. The third-order valence-electron chi connectivity index (χ3n) is 2.94. The summed E-state index contributed by atoms with van der Waals surface area (Å²) in [5, 5.41) is 3.18. The van der Waals surface area contributed by atoms with Gasteiger partial charge in [0.2, 0.25) is 0 Å². The van der Waals surface area contributed by atoms with E-state index in [0.717, 1.165) is 35.6 Å². The molecule has 1 heterocycles. The Bertz CT molecular complexity index is 582. The van der Waals surface area contributed by atoms with Crippen LogP contribution in [-0.2, 0) is 6.42 Å². The number of benzene rings is 1. The molecule has 1 aromatic carbocycles. The van der Waals surface area contributed by atoms with Crippen molar-refractivity contribution in [2.24, 2.45) is 0 Å². The number of rotatable bonds is 4. The summed E-state index contributed by atoms with van der Waals surface area (Å²) in [7, 11) is 0. The molecular formula is C15H18FN3. The summed E-state index contributed by atoms with van der Waals surface area (Å²) >= 11 is 0. The fraction of sp³-hybridized carbons (Fsp3) is 0.333. The van der Waals surface area contributed by atoms with Crippen LogP contribution in [0.1, 0.15) is 25.1 Å². The second-order valence-electron chi connectivity index (χ2n) is 4.41. The molecule has 4 heteroatoms. The van der Waals surface area contributed by atoms with E-state index in [9.17, 15) is 4.39 Å². The fourth-order valence-corrected chi connectivity index (χ4v) is 1.91. The molecule has 0 aliphatic rings. The van der Waals surface area contributed by atoms with Gasteiger partial charge in [-0.1, -0.05) is 13.0 Å². The Morgan fingerprint density at radius 1 is 1.16 bits per heavy atom. The van der Waals surface area contributed by atoms with Crippen molar-refractivity contribution in [3.8, 4) is 11.4 Å². The van der Waals surface area contributed by atoms with E-state index >= 15 is 0 Å². The quantitative estimate of drug-likeness (QED) is 0.911. The average molecular weight is 259 g/mol. The van der Waals surface area contributed by atoms with Gasteiger partial charge in [-0.25, -0.2) is 14.4 Å². The van der Waals surface area contributed by atoms with Crippen LogP contribution in [0.4, 0.5) is 10.2 Å². The van der Waals surface area contributed by atoms with Crippen molar-refractivity contribution < 1.29 is 4.39 Å². The van der Waals surface area contributed by atoms with Gasteiger partial charge in [0.05, 0.1) is 0 Å². The minimum Gasteiger partial charge on any atom is -0.370 e. The topological polar surface area (TPSA) is 37.8 Å². The standard InChI is InChI=1S/C15H18FN3/c1-4-12-9-14(17-5-2)19-15(18-12)13-8-11(16)7-6-10(13)3/h6-9H,4-5H2,1-3H3,(H,17,18,19). The van der Waals surface area contributed by atoms with Gasteiger partial charge in [-0.05, 0) is 38.0 Å². The molecule has 0 amide bonds. The molecule has 0 atom stereocenters. The molecule has 3 nitrogen and oxygen atoms in total. The molecule has 0 unspecified atom stereocenters. The van der Waals surface area contributed by atoms with E-state index in [2.05, 4.69) is 15.3 Å². The van der Waals surface area contributed by atoms with Crippen LogP contribution >= 0.6 is 0 Å². The first kappa shape index (κ1) is 13.5. The lowest BCUT2D eigenvalue weighted by molar-refractivity contribution is 0.627. The number of hydrogen-bond acceptors (Lipinski definition) is 3. The Morgan fingerprint density at radius 3 is 2.63 bits per heavy atom. The summed E-state index contributed by atoms with van der Waals surface area (Å²) < 4.78 is 13.4. The number of nitrogens with one attached hydrogen (secondary N) is 1. The van der Waals surface area contributed by atoms with E-state index in [1.165, 1.54) is 12.1 Å². The van der Waals surface area contributed by atoms with Crippen molar-refractivity contribution >= 4 is 5.82 Å². The summed E-state index contributed by atoms with van der Waals surface area (Å²) in [6.07, 6.45) is 0.822. The molecule has 0 saturated heterocycles. The molecule has 0 aliphatic heterocycles. The second-order valence-corrected chi connectivity index (χ2v) is 4.41. The highest BCUT2D eigenvalue weighted by atomic mass is 19.1. The summed E-state index contributed by atoms with van der Waals surface area (Å²) in [6.45, 7) is 6.78. The summed E-state index contributed by atoms with van der Waals surface area (Å²) in [6, 6.07) is 6.62. The maximum atomic E-state index is 13.4. The highest BCUT2D eigenvalue weighted by molar-refractivity contribution is 5.61. The van der Waals surface area contributed by atoms with Gasteiger partial charge in [-0.15, -0.1) is 0 Å². The smallest absolute Gasteiger partial charge is 0.162 e. The van der Waals surface area contributed by atoms with Gasteiger partial charge in [0.1, 0.15) is 11.6 Å². The number of nitrogens with zero attached hydrogens (tertiary/aromatic N) is 2. The van der Waals surface area contributed by atoms with Gasteiger partial charge < -0.3 is 5.32 Å². The van der Waals surface area contributed by atoms with Crippen molar-refractivity contribution in [2.45, 2.75) is 27.2 Å². The predicted molar refractivity (Wildman–Crippen MR) is 75.7 cm³/mol. The Kier molecular flexibility index (Phi) is 4.10. The molecule has 0 saturated carbocycles. The Balaban J connectivity index is 2.54. The van der Waals surface area contributed by atoms with Gasteiger partial charge in [0, 0.05) is 23.9 Å². The normalized spacial score (nSPS) is 10.5. The number of hydrogen-bond donors (Lipinski definition) is 1. The van der Waals surface area contributed by atoms with E-state index in [1.54, 1.807) is 6.07 Å². The van der Waals surface area contributed by atoms with Crippen molar-refractivity contribution in [3.63, 3.8) is 0 Å². The lowest BCUT2D eigenvalue weighted by Gasteiger charge is -2.10. The molecular weight excluding hydrogens is 241 g/mol. The maximum absolute atomic E-state index is 13.4. The van der Waals surface area contributed by atoms with Gasteiger partial charge >= 0.3 is 0 Å².